The summed E-state index contributed by atoms with van der Waals surface area (Å²) in [5.41, 5.74) is 5.40. The van der Waals surface area contributed by atoms with Crippen molar-refractivity contribution < 1.29 is 23.0 Å². The average molecular weight is 876 g/mol. The highest BCUT2D eigenvalue weighted by Gasteiger charge is 2.26. The Hall–Kier alpha value is -4.93. The smallest absolute Gasteiger partial charge is 0.293 e. The molecule has 7 rings (SSSR count). The zero-order chi connectivity index (χ0) is 40.8. The lowest BCUT2D eigenvalue weighted by Gasteiger charge is -2.29. The molecule has 0 saturated heterocycles. The van der Waals surface area contributed by atoms with Crippen LogP contribution in [0.4, 0.5) is 11.4 Å². The maximum absolute atomic E-state index is 13.5. The van der Waals surface area contributed by atoms with Gasteiger partial charge < -0.3 is 14.7 Å². The fourth-order valence-electron chi connectivity index (χ4n) is 7.11. The summed E-state index contributed by atoms with van der Waals surface area (Å²) < 4.78 is 31.4. The average Bonchev–Trinajstić information content (AvgIpc) is 3.59. The zero-order valence-corrected chi connectivity index (χ0v) is 35.6. The van der Waals surface area contributed by atoms with E-state index in [2.05, 4.69) is 31.6 Å². The third-order valence-electron chi connectivity index (χ3n) is 10.2. The molecule has 1 aromatic heterocycles. The minimum Gasteiger partial charge on any atom is -0.376 e. The number of carbonyl (C=O) groups excluding carboxylic acids is 1. The summed E-state index contributed by atoms with van der Waals surface area (Å²) in [6.07, 6.45) is 0.588. The van der Waals surface area contributed by atoms with Gasteiger partial charge in [0.2, 0.25) is 0 Å². The summed E-state index contributed by atoms with van der Waals surface area (Å²) in [4.78, 5) is 33.4. The van der Waals surface area contributed by atoms with E-state index in [1.807, 2.05) is 78.9 Å². The zero-order valence-electron chi connectivity index (χ0n) is 32.4. The van der Waals surface area contributed by atoms with Crippen LogP contribution in [0.2, 0.25) is 5.02 Å². The van der Waals surface area contributed by atoms with E-state index in [9.17, 15) is 23.3 Å². The van der Waals surface area contributed by atoms with Crippen molar-refractivity contribution >= 4 is 74.0 Å². The Bertz CT molecular complexity index is 2540. The van der Waals surface area contributed by atoms with E-state index in [1.54, 1.807) is 43.1 Å². The molecule has 1 atom stereocenters. The number of aromatic nitrogens is 1. The Kier molecular flexibility index (Phi) is 14.4. The van der Waals surface area contributed by atoms with Crippen LogP contribution >= 0.6 is 35.8 Å². The molecular weight excluding hydrogens is 832 g/mol. The second kappa shape index (κ2) is 19.4. The van der Waals surface area contributed by atoms with E-state index >= 15 is 0 Å². The summed E-state index contributed by atoms with van der Waals surface area (Å²) >= 11 is 7.74. The molecule has 1 amide bonds. The normalized spacial score (nSPS) is 13.4. The first-order chi connectivity index (χ1) is 28.0. The fourth-order valence-corrected chi connectivity index (χ4v) is 9.22. The lowest BCUT2D eigenvalue weighted by molar-refractivity contribution is -0.384. The van der Waals surface area contributed by atoms with Gasteiger partial charge in [-0.2, -0.15) is 5.06 Å². The van der Waals surface area contributed by atoms with Crippen molar-refractivity contribution in [3.8, 4) is 11.1 Å². The number of fused-ring (bicyclic) bond motifs is 3. The van der Waals surface area contributed by atoms with Crippen LogP contribution < -0.4 is 10.0 Å². The van der Waals surface area contributed by atoms with Crippen molar-refractivity contribution in [1.82, 2.24) is 19.3 Å². The highest BCUT2D eigenvalue weighted by atomic mass is 35.5. The molecule has 2 N–H and O–H groups in total. The maximum atomic E-state index is 13.5. The Balaban J connectivity index is 0.00000585. The number of hydroxylamine groups is 2. The number of sulfonamides is 1. The van der Waals surface area contributed by atoms with Crippen molar-refractivity contribution in [1.29, 1.82) is 0 Å². The predicted octanol–water partition coefficient (Wildman–Crippen LogP) is 8.88. The van der Waals surface area contributed by atoms with Crippen LogP contribution in [-0.2, 0) is 34.5 Å². The maximum Gasteiger partial charge on any atom is 0.293 e. The lowest BCUT2D eigenvalue weighted by atomic mass is 9.99. The van der Waals surface area contributed by atoms with Gasteiger partial charge in [0.05, 0.1) is 16.9 Å². The largest absolute Gasteiger partial charge is 0.376 e. The second-order valence-corrected chi connectivity index (χ2v) is 17.3. The summed E-state index contributed by atoms with van der Waals surface area (Å²) in [5.74, 6) is -0.251. The van der Waals surface area contributed by atoms with Gasteiger partial charge in [0.25, 0.3) is 21.6 Å². The van der Waals surface area contributed by atoms with E-state index in [0.717, 1.165) is 58.3 Å². The monoisotopic (exact) mass is 874 g/mol. The molecule has 0 saturated carbocycles. The molecule has 0 bridgehead atoms. The number of anilines is 1. The van der Waals surface area contributed by atoms with Gasteiger partial charge in [0.1, 0.15) is 5.69 Å². The molecule has 0 aliphatic carbocycles. The van der Waals surface area contributed by atoms with Gasteiger partial charge in [0.15, 0.2) is 0 Å². The number of rotatable bonds is 16. The van der Waals surface area contributed by atoms with Crippen molar-refractivity contribution in [3.63, 3.8) is 0 Å². The Labute approximate surface area is 359 Å². The Morgan fingerprint density at radius 3 is 2.46 bits per heavy atom. The van der Waals surface area contributed by atoms with Crippen LogP contribution in [0.15, 0.2) is 131 Å². The van der Waals surface area contributed by atoms with Gasteiger partial charge in [-0.3, -0.25) is 19.8 Å². The molecule has 0 spiro atoms. The van der Waals surface area contributed by atoms with Gasteiger partial charge in [-0.25, -0.2) is 13.1 Å². The van der Waals surface area contributed by atoms with Gasteiger partial charge >= 0.3 is 0 Å². The van der Waals surface area contributed by atoms with Gasteiger partial charge in [-0.1, -0.05) is 66.2 Å². The standard InChI is InChI=1S/C43H43ClN6O6S2.ClH/c1-47(56-2)21-20-35(29-57-37-9-4-3-5-10-37)45-40-18-17-38(26-42(40)50(52)53)58(54,55)46-43(51)31-14-19-41-33(24-31)25-36-28-48(22-23-49(36)41)27-32-8-6-7-11-39(32)30-12-15-34(44)16-13-30;/h3-19,24-26,35,45H,20-23,27-29H2,1-2H3,(H,46,51);1H. The van der Waals surface area contributed by atoms with Crippen molar-refractivity contribution in [2.45, 2.75) is 41.9 Å². The Morgan fingerprint density at radius 1 is 0.966 bits per heavy atom. The van der Waals surface area contributed by atoms with Crippen LogP contribution in [-0.4, -0.2) is 72.8 Å². The molecule has 1 unspecified atom stereocenters. The molecule has 5 aromatic carbocycles. The van der Waals surface area contributed by atoms with E-state index < -0.39 is 31.4 Å². The van der Waals surface area contributed by atoms with E-state index in [4.69, 9.17) is 16.4 Å². The van der Waals surface area contributed by atoms with Crippen LogP contribution in [0.1, 0.15) is 28.0 Å². The van der Waals surface area contributed by atoms with Gasteiger partial charge in [-0.15, -0.1) is 24.2 Å². The predicted molar refractivity (Wildman–Crippen MR) is 237 cm³/mol. The highest BCUT2D eigenvalue weighted by Crippen LogP contribution is 2.32. The molecule has 12 nitrogen and oxygen atoms in total. The number of nitro groups is 1. The van der Waals surface area contributed by atoms with Gasteiger partial charge in [-0.05, 0) is 83.8 Å². The lowest BCUT2D eigenvalue weighted by Crippen LogP contribution is -2.33. The molecule has 1 aliphatic rings. The van der Waals surface area contributed by atoms with E-state index in [-0.39, 0.29) is 29.7 Å². The molecule has 0 fully saturated rings. The van der Waals surface area contributed by atoms with Crippen molar-refractivity contribution in [2.75, 3.05) is 38.3 Å². The summed E-state index contributed by atoms with van der Waals surface area (Å²) in [5, 5.41) is 18.7. The van der Waals surface area contributed by atoms with Crippen molar-refractivity contribution in [2.24, 2.45) is 0 Å². The minimum atomic E-state index is -4.48. The molecule has 6 aromatic rings. The number of carbonyl (C=O) groups is 1. The number of halogens is 2. The third kappa shape index (κ3) is 10.6. The first kappa shape index (κ1) is 43.6. The van der Waals surface area contributed by atoms with Crippen molar-refractivity contribution in [3.05, 3.63) is 153 Å². The van der Waals surface area contributed by atoms with Crippen LogP contribution in [0.3, 0.4) is 0 Å². The fraction of sp³-hybridized carbons (Fsp3) is 0.233. The first-order valence-corrected chi connectivity index (χ1v) is 21.6. The second-order valence-electron chi connectivity index (χ2n) is 14.1. The van der Waals surface area contributed by atoms with Crippen LogP contribution in [0, 0.1) is 10.1 Å². The van der Waals surface area contributed by atoms with E-state index in [0.29, 0.717) is 30.3 Å². The highest BCUT2D eigenvalue weighted by molar-refractivity contribution is 7.99. The molecule has 1 aliphatic heterocycles. The number of hydrogen-bond donors (Lipinski definition) is 2. The molecule has 16 heteroatoms. The van der Waals surface area contributed by atoms with Crippen LogP contribution in [0.25, 0.3) is 22.0 Å². The number of amides is 1. The molecule has 59 heavy (non-hydrogen) atoms. The molecule has 308 valence electrons. The number of nitrogens with zero attached hydrogens (tertiary/aromatic N) is 4. The summed E-state index contributed by atoms with van der Waals surface area (Å²) in [6.45, 7) is 3.57. The first-order valence-electron chi connectivity index (χ1n) is 18.7. The van der Waals surface area contributed by atoms with Crippen LogP contribution in [0.5, 0.6) is 0 Å². The quantitative estimate of drug-likeness (QED) is 0.0551. The minimum absolute atomic E-state index is 0. The number of hydrogen-bond acceptors (Lipinski definition) is 10. The summed E-state index contributed by atoms with van der Waals surface area (Å²) in [7, 11) is -1.12. The Morgan fingerprint density at radius 2 is 1.71 bits per heavy atom. The number of thioether (sulfide) groups is 1. The van der Waals surface area contributed by atoms with Gasteiger partial charge in [0, 0.05) is 89.7 Å². The number of nitro benzene ring substituents is 1. The number of benzene rings is 5. The molecule has 2 heterocycles. The topological polar surface area (TPSA) is 139 Å². The van der Waals surface area contributed by atoms with E-state index in [1.165, 1.54) is 17.7 Å². The molecular formula is C43H44Cl2N6O6S2. The third-order valence-corrected chi connectivity index (χ3v) is 13.0. The summed E-state index contributed by atoms with van der Waals surface area (Å²) in [6, 6.07) is 36.5. The number of nitrogens with one attached hydrogen (secondary N) is 2. The molecule has 0 radical (unpaired) electrons. The SMILES string of the molecule is CON(C)CCC(CSc1ccccc1)Nc1ccc(S(=O)(=O)NC(=O)c2ccc3c(c2)cc2n3CCN(Cc3ccccc3-c3ccc(Cl)cc3)C2)cc1[N+](=O)[O-].Cl.